The smallest absolute Gasteiger partial charge is 0.357 e. The number of rotatable bonds is 6. The van der Waals surface area contributed by atoms with Gasteiger partial charge in [-0.3, -0.25) is 0 Å². The van der Waals surface area contributed by atoms with Gasteiger partial charge in [-0.25, -0.2) is 24.2 Å². The molecule has 0 atom stereocenters. The van der Waals surface area contributed by atoms with Gasteiger partial charge in [-0.05, 0) is 30.3 Å². The summed E-state index contributed by atoms with van der Waals surface area (Å²) in [7, 11) is 2.47. The summed E-state index contributed by atoms with van der Waals surface area (Å²) in [6.07, 6.45) is 3.12. The highest BCUT2D eigenvalue weighted by molar-refractivity contribution is 6.06. The monoisotopic (exact) mass is 430 g/mol. The summed E-state index contributed by atoms with van der Waals surface area (Å²) in [6.45, 7) is 0. The molecule has 9 heteroatoms. The van der Waals surface area contributed by atoms with E-state index in [1.54, 1.807) is 67.0 Å². The molecule has 0 aliphatic heterocycles. The van der Waals surface area contributed by atoms with Crippen LogP contribution in [0.25, 0.3) is 16.9 Å². The topological polar surface area (TPSA) is 105 Å². The normalized spacial score (nSPS) is 10.4. The third-order valence-electron chi connectivity index (χ3n) is 4.51. The lowest BCUT2D eigenvalue weighted by Crippen LogP contribution is -2.15. The van der Waals surface area contributed by atoms with E-state index in [0.717, 1.165) is 0 Å². The minimum Gasteiger partial charge on any atom is -0.465 e. The Balaban J connectivity index is 1.89. The van der Waals surface area contributed by atoms with Gasteiger partial charge < -0.3 is 14.2 Å². The van der Waals surface area contributed by atoms with Gasteiger partial charge >= 0.3 is 17.9 Å². The minimum absolute atomic E-state index is 0.0173. The van der Waals surface area contributed by atoms with Gasteiger partial charge in [0.1, 0.15) is 17.0 Å². The molecule has 0 aliphatic carbocycles. The number of carbonyl (C=O) groups excluding carboxylic acids is 2. The standard InChI is InChI=1S/C23H18N4O5/c1-30-21(28)18-19(15-8-6-11-17(14-15)32-23-24-12-7-13-25-23)26-27(20(18)22(29)31-2)16-9-4-3-5-10-16/h3-14H,1-2H3. The highest BCUT2D eigenvalue weighted by Crippen LogP contribution is 2.31. The molecular weight excluding hydrogens is 412 g/mol. The van der Waals surface area contributed by atoms with Crippen molar-refractivity contribution in [2.24, 2.45) is 0 Å². The molecule has 2 heterocycles. The molecule has 0 unspecified atom stereocenters. The zero-order valence-electron chi connectivity index (χ0n) is 17.3. The molecule has 0 fully saturated rings. The van der Waals surface area contributed by atoms with Gasteiger partial charge in [0, 0.05) is 18.0 Å². The first-order valence-electron chi connectivity index (χ1n) is 9.52. The van der Waals surface area contributed by atoms with E-state index in [1.165, 1.54) is 18.9 Å². The third kappa shape index (κ3) is 4.04. The van der Waals surface area contributed by atoms with E-state index < -0.39 is 11.9 Å². The number of para-hydroxylation sites is 1. The molecule has 0 amide bonds. The fraction of sp³-hybridized carbons (Fsp3) is 0.0870. The first kappa shape index (κ1) is 20.7. The lowest BCUT2D eigenvalue weighted by Gasteiger charge is -2.07. The molecule has 0 N–H and O–H groups in total. The van der Waals surface area contributed by atoms with Crippen molar-refractivity contribution in [2.75, 3.05) is 14.2 Å². The number of benzene rings is 2. The van der Waals surface area contributed by atoms with Crippen LogP contribution in [0.1, 0.15) is 20.8 Å². The van der Waals surface area contributed by atoms with Crippen molar-refractivity contribution in [3.63, 3.8) is 0 Å². The van der Waals surface area contributed by atoms with Crippen LogP contribution in [0.3, 0.4) is 0 Å². The lowest BCUT2D eigenvalue weighted by molar-refractivity contribution is 0.0549. The van der Waals surface area contributed by atoms with Crippen LogP contribution in [0.5, 0.6) is 11.8 Å². The Morgan fingerprint density at radius 1 is 0.844 bits per heavy atom. The molecule has 0 saturated heterocycles. The first-order chi connectivity index (χ1) is 15.6. The van der Waals surface area contributed by atoms with Crippen molar-refractivity contribution in [2.45, 2.75) is 0 Å². The predicted octanol–water partition coefficient (Wildman–Crippen LogP) is 3.69. The Bertz CT molecular complexity index is 1260. The molecule has 0 bridgehead atoms. The van der Waals surface area contributed by atoms with E-state index in [2.05, 4.69) is 15.1 Å². The van der Waals surface area contributed by atoms with Gasteiger partial charge in [0.25, 0.3) is 0 Å². The van der Waals surface area contributed by atoms with Gasteiger partial charge in [0.2, 0.25) is 0 Å². The van der Waals surface area contributed by atoms with Crippen LogP contribution in [0.2, 0.25) is 0 Å². The molecular formula is C23H18N4O5. The van der Waals surface area contributed by atoms with Crippen LogP contribution in [-0.2, 0) is 9.47 Å². The number of aromatic nitrogens is 4. The number of methoxy groups -OCH3 is 2. The Labute approximate surface area is 183 Å². The van der Waals surface area contributed by atoms with Crippen molar-refractivity contribution < 1.29 is 23.8 Å². The SMILES string of the molecule is COC(=O)c1c(-c2cccc(Oc3ncccn3)c2)nn(-c2ccccc2)c1C(=O)OC. The second-order valence-corrected chi connectivity index (χ2v) is 6.46. The summed E-state index contributed by atoms with van der Waals surface area (Å²) in [5.41, 5.74) is 1.28. The molecule has 32 heavy (non-hydrogen) atoms. The molecule has 0 saturated carbocycles. The lowest BCUT2D eigenvalue weighted by atomic mass is 10.1. The van der Waals surface area contributed by atoms with E-state index in [9.17, 15) is 9.59 Å². The maximum Gasteiger partial charge on any atom is 0.357 e. The zero-order chi connectivity index (χ0) is 22.5. The van der Waals surface area contributed by atoms with Crippen LogP contribution in [0, 0.1) is 0 Å². The number of esters is 2. The number of carbonyl (C=O) groups is 2. The fourth-order valence-electron chi connectivity index (χ4n) is 3.11. The summed E-state index contributed by atoms with van der Waals surface area (Å²) in [5.74, 6) is -1.02. The zero-order valence-corrected chi connectivity index (χ0v) is 17.3. The largest absolute Gasteiger partial charge is 0.465 e. The summed E-state index contributed by atoms with van der Waals surface area (Å²) >= 11 is 0. The van der Waals surface area contributed by atoms with E-state index in [1.807, 2.05) is 6.07 Å². The van der Waals surface area contributed by atoms with Crippen molar-refractivity contribution in [3.8, 4) is 28.7 Å². The third-order valence-corrected chi connectivity index (χ3v) is 4.51. The Morgan fingerprint density at radius 2 is 1.56 bits per heavy atom. The van der Waals surface area contributed by atoms with E-state index in [-0.39, 0.29) is 23.0 Å². The summed E-state index contributed by atoms with van der Waals surface area (Å²) < 4.78 is 16.9. The van der Waals surface area contributed by atoms with Crippen LogP contribution >= 0.6 is 0 Å². The van der Waals surface area contributed by atoms with Crippen molar-refractivity contribution in [1.82, 2.24) is 19.7 Å². The maximum atomic E-state index is 12.7. The van der Waals surface area contributed by atoms with Crippen molar-refractivity contribution in [1.29, 1.82) is 0 Å². The van der Waals surface area contributed by atoms with Crippen LogP contribution in [-0.4, -0.2) is 45.9 Å². The van der Waals surface area contributed by atoms with Crippen LogP contribution < -0.4 is 4.74 Å². The Kier molecular flexibility index (Phi) is 5.89. The highest BCUT2D eigenvalue weighted by Gasteiger charge is 2.31. The second kappa shape index (κ2) is 9.09. The van der Waals surface area contributed by atoms with Gasteiger partial charge in [-0.15, -0.1) is 0 Å². The molecule has 4 aromatic rings. The number of ether oxygens (including phenoxy) is 3. The number of hydrogen-bond donors (Lipinski definition) is 0. The average molecular weight is 430 g/mol. The molecule has 2 aromatic carbocycles. The number of nitrogens with zero attached hydrogens (tertiary/aromatic N) is 4. The van der Waals surface area contributed by atoms with Gasteiger partial charge in [-0.2, -0.15) is 5.10 Å². The molecule has 2 aromatic heterocycles. The van der Waals surface area contributed by atoms with Gasteiger partial charge in [0.05, 0.1) is 19.9 Å². The first-order valence-corrected chi connectivity index (χ1v) is 9.52. The minimum atomic E-state index is -0.724. The van der Waals surface area contributed by atoms with E-state index in [4.69, 9.17) is 14.2 Å². The molecule has 9 nitrogen and oxygen atoms in total. The predicted molar refractivity (Wildman–Crippen MR) is 114 cm³/mol. The van der Waals surface area contributed by atoms with Crippen molar-refractivity contribution >= 4 is 11.9 Å². The average Bonchev–Trinajstić information content (AvgIpc) is 3.25. The molecule has 0 radical (unpaired) electrons. The maximum absolute atomic E-state index is 12.7. The molecule has 0 spiro atoms. The molecule has 160 valence electrons. The summed E-state index contributed by atoms with van der Waals surface area (Å²) in [6, 6.07) is 17.6. The van der Waals surface area contributed by atoms with Crippen molar-refractivity contribution in [3.05, 3.63) is 84.3 Å². The summed E-state index contributed by atoms with van der Waals surface area (Å²) in [5, 5.41) is 4.57. The number of hydrogen-bond acceptors (Lipinski definition) is 8. The quantitative estimate of drug-likeness (QED) is 0.427. The highest BCUT2D eigenvalue weighted by atomic mass is 16.5. The van der Waals surface area contributed by atoms with Crippen LogP contribution in [0.4, 0.5) is 0 Å². The van der Waals surface area contributed by atoms with Gasteiger partial charge in [0.15, 0.2) is 5.69 Å². The van der Waals surface area contributed by atoms with Gasteiger partial charge in [-0.1, -0.05) is 30.3 Å². The van der Waals surface area contributed by atoms with E-state index >= 15 is 0 Å². The van der Waals surface area contributed by atoms with E-state index in [0.29, 0.717) is 17.0 Å². The molecule has 0 aliphatic rings. The second-order valence-electron chi connectivity index (χ2n) is 6.46. The molecule has 4 rings (SSSR count). The van der Waals surface area contributed by atoms with Crippen LogP contribution in [0.15, 0.2) is 73.1 Å². The Morgan fingerprint density at radius 3 is 2.25 bits per heavy atom. The fourth-order valence-corrected chi connectivity index (χ4v) is 3.11. The Hall–Kier alpha value is -4.53. The summed E-state index contributed by atoms with van der Waals surface area (Å²) in [4.78, 5) is 33.5.